The van der Waals surface area contributed by atoms with E-state index in [4.69, 9.17) is 11.6 Å². The zero-order valence-electron chi connectivity index (χ0n) is 14.9. The molecule has 0 bridgehead atoms. The van der Waals surface area contributed by atoms with Crippen LogP contribution < -0.4 is 0 Å². The summed E-state index contributed by atoms with van der Waals surface area (Å²) >= 11 is 6.04. The summed E-state index contributed by atoms with van der Waals surface area (Å²) in [6.07, 6.45) is 1.09. The largest absolute Gasteiger partial charge is 0.335 e. The molecule has 134 valence electrons. The van der Waals surface area contributed by atoms with Gasteiger partial charge in [-0.2, -0.15) is 0 Å². The van der Waals surface area contributed by atoms with Crippen molar-refractivity contribution < 1.29 is 9.18 Å². The molecule has 1 aromatic carbocycles. The fourth-order valence-corrected chi connectivity index (χ4v) is 3.64. The van der Waals surface area contributed by atoms with Crippen LogP contribution in [0.1, 0.15) is 30.6 Å². The van der Waals surface area contributed by atoms with E-state index < -0.39 is 5.82 Å². The second-order valence-electron chi connectivity index (χ2n) is 6.90. The summed E-state index contributed by atoms with van der Waals surface area (Å²) < 4.78 is 14.0. The van der Waals surface area contributed by atoms with Crippen LogP contribution in [0.4, 0.5) is 4.39 Å². The molecule has 0 spiro atoms. The smallest absolute Gasteiger partial charge is 0.258 e. The van der Waals surface area contributed by atoms with Crippen LogP contribution in [0.3, 0.4) is 0 Å². The summed E-state index contributed by atoms with van der Waals surface area (Å²) in [6, 6.07) is 4.84. The Labute approximate surface area is 149 Å². The van der Waals surface area contributed by atoms with Crippen molar-refractivity contribution >= 4 is 17.5 Å². The van der Waals surface area contributed by atoms with Crippen LogP contribution in [0.2, 0.25) is 5.02 Å². The predicted molar refractivity (Wildman–Crippen MR) is 96.1 cm³/mol. The van der Waals surface area contributed by atoms with E-state index in [0.717, 1.165) is 19.5 Å². The van der Waals surface area contributed by atoms with E-state index >= 15 is 0 Å². The number of rotatable bonds is 5. The van der Waals surface area contributed by atoms with Gasteiger partial charge in [-0.05, 0) is 53.0 Å². The van der Waals surface area contributed by atoms with Gasteiger partial charge in [0, 0.05) is 31.7 Å². The van der Waals surface area contributed by atoms with Crippen LogP contribution >= 0.6 is 11.6 Å². The Morgan fingerprint density at radius 1 is 1.29 bits per heavy atom. The number of hydrogen-bond acceptors (Lipinski definition) is 3. The fourth-order valence-electron chi connectivity index (χ4n) is 3.39. The molecule has 0 saturated carbocycles. The molecule has 1 aliphatic heterocycles. The van der Waals surface area contributed by atoms with Gasteiger partial charge in [0.25, 0.3) is 5.91 Å². The molecule has 2 rings (SSSR count). The molecular formula is C18H27ClFN3O. The number of benzene rings is 1. The number of hydrogen-bond donors (Lipinski definition) is 0. The molecular weight excluding hydrogens is 329 g/mol. The van der Waals surface area contributed by atoms with E-state index in [-0.39, 0.29) is 28.6 Å². The summed E-state index contributed by atoms with van der Waals surface area (Å²) in [5, 5.41) is 0.175. The van der Waals surface area contributed by atoms with E-state index in [9.17, 15) is 9.18 Å². The molecule has 1 heterocycles. The zero-order valence-corrected chi connectivity index (χ0v) is 15.7. The van der Waals surface area contributed by atoms with E-state index in [1.54, 1.807) is 11.0 Å². The topological polar surface area (TPSA) is 26.8 Å². The quantitative estimate of drug-likeness (QED) is 0.812. The van der Waals surface area contributed by atoms with Gasteiger partial charge in [0.1, 0.15) is 5.82 Å². The van der Waals surface area contributed by atoms with Crippen LogP contribution in [0.15, 0.2) is 18.2 Å². The van der Waals surface area contributed by atoms with E-state index in [1.165, 1.54) is 12.1 Å². The standard InChI is InChI=1S/C18H27ClFN3O/c1-13-11-22(12-14(2)23(13)10-6-9-21(3)4)18(24)17-15(19)7-5-8-16(17)20/h5,7-8,13-14H,6,9-12H2,1-4H3. The molecule has 2 atom stereocenters. The molecule has 1 aliphatic rings. The highest BCUT2D eigenvalue weighted by molar-refractivity contribution is 6.33. The molecule has 1 fully saturated rings. The lowest BCUT2D eigenvalue weighted by molar-refractivity contribution is 0.0292. The van der Waals surface area contributed by atoms with Crippen molar-refractivity contribution in [2.45, 2.75) is 32.4 Å². The summed E-state index contributed by atoms with van der Waals surface area (Å²) in [5.41, 5.74) is -0.0142. The van der Waals surface area contributed by atoms with Gasteiger partial charge in [-0.3, -0.25) is 9.69 Å². The van der Waals surface area contributed by atoms with E-state index in [1.807, 2.05) is 0 Å². The van der Waals surface area contributed by atoms with Gasteiger partial charge in [-0.1, -0.05) is 17.7 Å². The Morgan fingerprint density at radius 3 is 2.46 bits per heavy atom. The highest BCUT2D eigenvalue weighted by atomic mass is 35.5. The van der Waals surface area contributed by atoms with Gasteiger partial charge in [-0.15, -0.1) is 0 Å². The maximum atomic E-state index is 14.0. The van der Waals surface area contributed by atoms with Crippen LogP contribution in [-0.2, 0) is 0 Å². The molecule has 1 aromatic rings. The van der Waals surface area contributed by atoms with E-state index in [2.05, 4.69) is 37.7 Å². The number of carbonyl (C=O) groups excluding carboxylic acids is 1. The van der Waals surface area contributed by atoms with Crippen molar-refractivity contribution in [2.75, 3.05) is 40.3 Å². The fraction of sp³-hybridized carbons (Fsp3) is 0.611. The number of amides is 1. The maximum absolute atomic E-state index is 14.0. The minimum absolute atomic E-state index is 0.0142. The Kier molecular flexibility index (Phi) is 6.61. The van der Waals surface area contributed by atoms with Crippen LogP contribution in [0.25, 0.3) is 0 Å². The third kappa shape index (κ3) is 4.47. The van der Waals surface area contributed by atoms with Crippen molar-refractivity contribution in [3.05, 3.63) is 34.6 Å². The van der Waals surface area contributed by atoms with Crippen molar-refractivity contribution in [1.82, 2.24) is 14.7 Å². The Hall–Kier alpha value is -1.17. The molecule has 4 nitrogen and oxygen atoms in total. The molecule has 0 N–H and O–H groups in total. The Bertz CT molecular complexity index is 549. The second-order valence-corrected chi connectivity index (χ2v) is 7.31. The average molecular weight is 356 g/mol. The SMILES string of the molecule is CC1CN(C(=O)c2c(F)cccc2Cl)CC(C)N1CCCN(C)C. The average Bonchev–Trinajstić information content (AvgIpc) is 2.49. The van der Waals surface area contributed by atoms with Gasteiger partial charge in [-0.25, -0.2) is 4.39 Å². The first-order valence-corrected chi connectivity index (χ1v) is 8.82. The second kappa shape index (κ2) is 8.28. The van der Waals surface area contributed by atoms with Crippen molar-refractivity contribution in [2.24, 2.45) is 0 Å². The molecule has 0 aliphatic carbocycles. The summed E-state index contributed by atoms with van der Waals surface area (Å²) in [7, 11) is 4.14. The first kappa shape index (κ1) is 19.2. The lowest BCUT2D eigenvalue weighted by Gasteiger charge is -2.44. The Balaban J connectivity index is 2.04. The van der Waals surface area contributed by atoms with Gasteiger partial charge < -0.3 is 9.80 Å². The van der Waals surface area contributed by atoms with Crippen LogP contribution in [0, 0.1) is 5.82 Å². The molecule has 2 unspecified atom stereocenters. The Morgan fingerprint density at radius 2 is 1.92 bits per heavy atom. The van der Waals surface area contributed by atoms with Gasteiger partial charge >= 0.3 is 0 Å². The highest BCUT2D eigenvalue weighted by Crippen LogP contribution is 2.24. The summed E-state index contributed by atoms with van der Waals surface area (Å²) in [6.45, 7) is 7.47. The first-order chi connectivity index (χ1) is 11.3. The molecule has 1 saturated heterocycles. The lowest BCUT2D eigenvalue weighted by Crippen LogP contribution is -2.58. The number of nitrogens with zero attached hydrogens (tertiary/aromatic N) is 3. The third-order valence-corrected chi connectivity index (χ3v) is 4.90. The maximum Gasteiger partial charge on any atom is 0.258 e. The number of piperazine rings is 1. The molecule has 24 heavy (non-hydrogen) atoms. The summed E-state index contributed by atoms with van der Waals surface area (Å²) in [4.78, 5) is 19.0. The van der Waals surface area contributed by atoms with Crippen molar-refractivity contribution in [3.8, 4) is 0 Å². The lowest BCUT2D eigenvalue weighted by atomic mass is 10.1. The van der Waals surface area contributed by atoms with E-state index in [0.29, 0.717) is 13.1 Å². The van der Waals surface area contributed by atoms with Crippen LogP contribution in [0.5, 0.6) is 0 Å². The van der Waals surface area contributed by atoms with Crippen molar-refractivity contribution in [1.29, 1.82) is 0 Å². The number of halogens is 2. The molecule has 0 radical (unpaired) electrons. The van der Waals surface area contributed by atoms with Crippen molar-refractivity contribution in [3.63, 3.8) is 0 Å². The molecule has 6 heteroatoms. The van der Waals surface area contributed by atoms with Gasteiger partial charge in [0.15, 0.2) is 0 Å². The minimum atomic E-state index is -0.554. The summed E-state index contributed by atoms with van der Waals surface area (Å²) in [5.74, 6) is -0.869. The molecule has 0 aromatic heterocycles. The third-order valence-electron chi connectivity index (χ3n) is 4.59. The first-order valence-electron chi connectivity index (χ1n) is 8.45. The minimum Gasteiger partial charge on any atom is -0.335 e. The predicted octanol–water partition coefficient (Wildman–Crippen LogP) is 2.97. The molecule has 1 amide bonds. The van der Waals surface area contributed by atoms with Crippen LogP contribution in [-0.4, -0.2) is 73.0 Å². The zero-order chi connectivity index (χ0) is 17.9. The number of carbonyl (C=O) groups is 1. The normalized spacial score (nSPS) is 22.2. The van der Waals surface area contributed by atoms with Gasteiger partial charge in [0.2, 0.25) is 0 Å². The van der Waals surface area contributed by atoms with Gasteiger partial charge in [0.05, 0.1) is 10.6 Å². The highest BCUT2D eigenvalue weighted by Gasteiger charge is 2.33. The monoisotopic (exact) mass is 355 g/mol.